The Morgan fingerprint density at radius 2 is 1.48 bits per heavy atom. The number of hydrogen-bond acceptors (Lipinski definition) is 3. The maximum Gasteiger partial charge on any atom is 0.191 e. The van der Waals surface area contributed by atoms with Crippen molar-refractivity contribution in [3.8, 4) is 0 Å². The van der Waals surface area contributed by atoms with E-state index in [1.165, 1.54) is 0 Å². The first-order chi connectivity index (χ1) is 11.0. The summed E-state index contributed by atoms with van der Waals surface area (Å²) >= 11 is 0. The quantitative estimate of drug-likeness (QED) is 0.372. The number of ether oxygens (including phenoxy) is 1. The van der Waals surface area contributed by atoms with Crippen molar-refractivity contribution in [2.45, 2.75) is 52.1 Å². The number of rotatable bonds is 8. The van der Waals surface area contributed by atoms with E-state index < -0.39 is 11.9 Å². The minimum absolute atomic E-state index is 0.0513. The molecule has 0 spiro atoms. The van der Waals surface area contributed by atoms with Crippen molar-refractivity contribution in [3.05, 3.63) is 71.8 Å². The molecule has 2 aromatic carbocycles. The molecule has 124 valence electrons. The van der Waals surface area contributed by atoms with Gasteiger partial charge in [-0.3, -0.25) is 0 Å². The summed E-state index contributed by atoms with van der Waals surface area (Å²) in [7, 11) is 0. The minimum Gasteiger partial charge on any atom is -0.342 e. The van der Waals surface area contributed by atoms with Gasteiger partial charge in [0.2, 0.25) is 0 Å². The Morgan fingerprint density at radius 3 is 2.04 bits per heavy atom. The van der Waals surface area contributed by atoms with Crippen molar-refractivity contribution >= 4 is 0 Å². The zero-order valence-electron chi connectivity index (χ0n) is 14.4. The first kappa shape index (κ1) is 17.7. The van der Waals surface area contributed by atoms with Crippen LogP contribution in [-0.4, -0.2) is 6.29 Å². The van der Waals surface area contributed by atoms with Crippen LogP contribution in [0.5, 0.6) is 0 Å². The van der Waals surface area contributed by atoms with Gasteiger partial charge in [0.1, 0.15) is 5.60 Å². The molecule has 23 heavy (non-hydrogen) atoms. The largest absolute Gasteiger partial charge is 0.342 e. The fourth-order valence-corrected chi connectivity index (χ4v) is 2.28. The standard InChI is InChI=1S/C20H26O3/c1-5-19(21-16(2)17-12-8-6-9-13-17)22-23-20(3,4)18-14-10-7-11-15-18/h6-16,19H,5H2,1-4H3. The van der Waals surface area contributed by atoms with Gasteiger partial charge in [-0.1, -0.05) is 67.6 Å². The highest BCUT2D eigenvalue weighted by atomic mass is 17.2. The summed E-state index contributed by atoms with van der Waals surface area (Å²) in [6.07, 6.45) is 0.250. The number of hydrogen-bond donors (Lipinski definition) is 0. The molecule has 2 aromatic rings. The van der Waals surface area contributed by atoms with E-state index in [2.05, 4.69) is 0 Å². The van der Waals surface area contributed by atoms with Crippen LogP contribution < -0.4 is 0 Å². The van der Waals surface area contributed by atoms with Gasteiger partial charge in [-0.2, -0.15) is 0 Å². The highest BCUT2D eigenvalue weighted by molar-refractivity contribution is 5.20. The van der Waals surface area contributed by atoms with Crippen molar-refractivity contribution in [2.24, 2.45) is 0 Å². The first-order valence-corrected chi connectivity index (χ1v) is 8.13. The van der Waals surface area contributed by atoms with Gasteiger partial charge in [0, 0.05) is 0 Å². The maximum absolute atomic E-state index is 5.97. The Kier molecular flexibility index (Phi) is 6.34. The molecule has 0 saturated carbocycles. The highest BCUT2D eigenvalue weighted by Gasteiger charge is 2.25. The summed E-state index contributed by atoms with van der Waals surface area (Å²) in [6.45, 7) is 8.00. The monoisotopic (exact) mass is 314 g/mol. The molecule has 0 N–H and O–H groups in total. The Morgan fingerprint density at radius 1 is 0.913 bits per heavy atom. The third-order valence-electron chi connectivity index (χ3n) is 3.79. The average Bonchev–Trinajstić information content (AvgIpc) is 2.60. The predicted molar refractivity (Wildman–Crippen MR) is 91.7 cm³/mol. The molecule has 0 aliphatic carbocycles. The zero-order chi connectivity index (χ0) is 16.7. The molecular formula is C20H26O3. The lowest BCUT2D eigenvalue weighted by molar-refractivity contribution is -0.428. The molecule has 2 rings (SSSR count). The summed E-state index contributed by atoms with van der Waals surface area (Å²) in [5, 5.41) is 0. The summed E-state index contributed by atoms with van der Waals surface area (Å²) in [4.78, 5) is 11.3. The Labute approximate surface area is 139 Å². The molecule has 3 heteroatoms. The smallest absolute Gasteiger partial charge is 0.191 e. The van der Waals surface area contributed by atoms with Crippen LogP contribution >= 0.6 is 0 Å². The van der Waals surface area contributed by atoms with Gasteiger partial charge in [-0.15, -0.1) is 0 Å². The lowest BCUT2D eigenvalue weighted by atomic mass is 9.99. The molecular weight excluding hydrogens is 288 g/mol. The molecule has 2 atom stereocenters. The van der Waals surface area contributed by atoms with Gasteiger partial charge in [-0.25, -0.2) is 9.78 Å². The van der Waals surface area contributed by atoms with Crippen molar-refractivity contribution in [1.29, 1.82) is 0 Å². The normalized spacial score (nSPS) is 14.4. The van der Waals surface area contributed by atoms with Crippen molar-refractivity contribution < 1.29 is 14.5 Å². The fraction of sp³-hybridized carbons (Fsp3) is 0.400. The van der Waals surface area contributed by atoms with Crippen molar-refractivity contribution in [3.63, 3.8) is 0 Å². The second-order valence-electron chi connectivity index (χ2n) is 6.08. The van der Waals surface area contributed by atoms with E-state index in [4.69, 9.17) is 14.5 Å². The minimum atomic E-state index is -0.534. The third-order valence-corrected chi connectivity index (χ3v) is 3.79. The molecule has 3 nitrogen and oxygen atoms in total. The molecule has 2 unspecified atom stereocenters. The van der Waals surface area contributed by atoms with Gasteiger partial charge >= 0.3 is 0 Å². The maximum atomic E-state index is 5.97. The van der Waals surface area contributed by atoms with E-state index in [9.17, 15) is 0 Å². The molecule has 0 bridgehead atoms. The Hall–Kier alpha value is -1.68. The van der Waals surface area contributed by atoms with E-state index >= 15 is 0 Å². The molecule has 0 heterocycles. The SMILES string of the molecule is CCC(OOC(C)(C)c1ccccc1)OC(C)c1ccccc1. The van der Waals surface area contributed by atoms with E-state index in [1.807, 2.05) is 88.4 Å². The summed E-state index contributed by atoms with van der Waals surface area (Å²) in [5.74, 6) is 0. The molecule has 0 aliphatic rings. The topological polar surface area (TPSA) is 27.7 Å². The lowest BCUT2D eigenvalue weighted by Crippen LogP contribution is -2.27. The molecule has 0 saturated heterocycles. The van der Waals surface area contributed by atoms with Crippen LogP contribution in [0.25, 0.3) is 0 Å². The van der Waals surface area contributed by atoms with Gasteiger partial charge in [-0.05, 0) is 38.3 Å². The van der Waals surface area contributed by atoms with Gasteiger partial charge in [0.05, 0.1) is 6.10 Å². The molecule has 0 radical (unpaired) electrons. The van der Waals surface area contributed by atoms with Gasteiger partial charge in [0.15, 0.2) is 6.29 Å². The van der Waals surface area contributed by atoms with E-state index in [-0.39, 0.29) is 6.10 Å². The highest BCUT2D eigenvalue weighted by Crippen LogP contribution is 2.27. The Bertz CT molecular complexity index is 566. The van der Waals surface area contributed by atoms with E-state index in [0.29, 0.717) is 6.42 Å². The second kappa shape index (κ2) is 8.25. The van der Waals surface area contributed by atoms with Crippen molar-refractivity contribution in [1.82, 2.24) is 0 Å². The van der Waals surface area contributed by atoms with Crippen molar-refractivity contribution in [2.75, 3.05) is 0 Å². The van der Waals surface area contributed by atoms with Crippen LogP contribution in [-0.2, 0) is 20.1 Å². The Balaban J connectivity index is 1.92. The van der Waals surface area contributed by atoms with Crippen LogP contribution in [0.4, 0.5) is 0 Å². The van der Waals surface area contributed by atoms with Crippen LogP contribution in [0.3, 0.4) is 0 Å². The predicted octanol–water partition coefficient (Wildman–Crippen LogP) is 5.38. The van der Waals surface area contributed by atoms with Crippen LogP contribution in [0.15, 0.2) is 60.7 Å². The molecule has 0 fully saturated rings. The first-order valence-electron chi connectivity index (χ1n) is 8.13. The molecule has 0 aromatic heterocycles. The zero-order valence-corrected chi connectivity index (χ0v) is 14.4. The van der Waals surface area contributed by atoms with Crippen LogP contribution in [0.2, 0.25) is 0 Å². The molecule has 0 aliphatic heterocycles. The van der Waals surface area contributed by atoms with Gasteiger partial charge in [0.25, 0.3) is 0 Å². The lowest BCUT2D eigenvalue weighted by Gasteiger charge is -2.28. The number of benzene rings is 2. The summed E-state index contributed by atoms with van der Waals surface area (Å²) in [5.41, 5.74) is 1.65. The second-order valence-corrected chi connectivity index (χ2v) is 6.08. The van der Waals surface area contributed by atoms with Crippen LogP contribution in [0, 0.1) is 0 Å². The van der Waals surface area contributed by atoms with Gasteiger partial charge < -0.3 is 4.74 Å². The third kappa shape index (κ3) is 5.17. The molecule has 0 amide bonds. The average molecular weight is 314 g/mol. The fourth-order valence-electron chi connectivity index (χ4n) is 2.28. The summed E-state index contributed by atoms with van der Waals surface area (Å²) < 4.78 is 5.97. The van der Waals surface area contributed by atoms with E-state index in [0.717, 1.165) is 11.1 Å². The van der Waals surface area contributed by atoms with E-state index in [1.54, 1.807) is 0 Å². The summed E-state index contributed by atoms with van der Waals surface area (Å²) in [6, 6.07) is 20.1. The van der Waals surface area contributed by atoms with Crippen LogP contribution in [0.1, 0.15) is 51.3 Å².